The number of carbonyl (C=O) groups is 1. The van der Waals surface area contributed by atoms with E-state index in [1.54, 1.807) is 17.7 Å². The molecular formula is C36H41FN6O3S. The fraction of sp³-hybridized carbons (Fsp3) is 0.417. The molecule has 0 spiro atoms. The Morgan fingerprint density at radius 1 is 1.19 bits per heavy atom. The highest BCUT2D eigenvalue weighted by Crippen LogP contribution is 2.40. The maximum absolute atomic E-state index is 15.6. The van der Waals surface area contributed by atoms with Crippen molar-refractivity contribution in [2.75, 3.05) is 11.5 Å². The first-order chi connectivity index (χ1) is 22.4. The first-order valence-corrected chi connectivity index (χ1v) is 17.2. The van der Waals surface area contributed by atoms with Crippen LogP contribution in [0.3, 0.4) is 0 Å². The van der Waals surface area contributed by atoms with Crippen LogP contribution in [-0.2, 0) is 30.1 Å². The van der Waals surface area contributed by atoms with Crippen molar-refractivity contribution in [1.29, 1.82) is 0 Å². The van der Waals surface area contributed by atoms with Crippen LogP contribution < -0.4 is 4.74 Å². The maximum atomic E-state index is 15.6. The number of thioether (sulfide) groups is 1. The number of aromatic amines is 1. The van der Waals surface area contributed by atoms with E-state index in [4.69, 9.17) is 14.8 Å². The molecule has 11 heteroatoms. The van der Waals surface area contributed by atoms with Gasteiger partial charge in [-0.3, -0.25) is 4.79 Å². The minimum Gasteiger partial charge on any atom is -0.481 e. The quantitative estimate of drug-likeness (QED) is 0.202. The van der Waals surface area contributed by atoms with Gasteiger partial charge in [0.2, 0.25) is 0 Å². The van der Waals surface area contributed by atoms with E-state index in [1.165, 1.54) is 12.3 Å². The lowest BCUT2D eigenvalue weighted by atomic mass is 9.75. The van der Waals surface area contributed by atoms with Gasteiger partial charge in [-0.2, -0.15) is 22.0 Å². The highest BCUT2D eigenvalue weighted by atomic mass is 32.2. The number of rotatable bonds is 4. The van der Waals surface area contributed by atoms with Crippen LogP contribution in [0.5, 0.6) is 11.5 Å². The fourth-order valence-electron chi connectivity index (χ4n) is 6.44. The molecule has 4 bridgehead atoms. The van der Waals surface area contributed by atoms with Gasteiger partial charge in [0.25, 0.3) is 0 Å². The van der Waals surface area contributed by atoms with E-state index < -0.39 is 23.1 Å². The van der Waals surface area contributed by atoms with Crippen LogP contribution in [0.2, 0.25) is 0 Å². The van der Waals surface area contributed by atoms with Gasteiger partial charge in [-0.15, -0.1) is 5.10 Å². The molecule has 0 saturated heterocycles. The summed E-state index contributed by atoms with van der Waals surface area (Å²) < 4.78 is 23.5. The number of aliphatic carboxylic acids is 1. The summed E-state index contributed by atoms with van der Waals surface area (Å²) in [6.45, 7) is 8.49. The van der Waals surface area contributed by atoms with Gasteiger partial charge in [-0.25, -0.2) is 14.1 Å². The Bertz CT molecular complexity index is 1920. The second-order valence-corrected chi connectivity index (χ2v) is 14.8. The molecular weight excluding hydrogens is 616 g/mol. The highest BCUT2D eigenvalue weighted by Gasteiger charge is 2.35. The van der Waals surface area contributed by atoms with Crippen molar-refractivity contribution in [3.05, 3.63) is 83.2 Å². The lowest BCUT2D eigenvalue weighted by molar-refractivity contribution is -0.141. The first kappa shape index (κ1) is 32.7. The Labute approximate surface area is 278 Å². The lowest BCUT2D eigenvalue weighted by Crippen LogP contribution is -2.27. The summed E-state index contributed by atoms with van der Waals surface area (Å²) in [5, 5.41) is 23.9. The fourth-order valence-corrected chi connectivity index (χ4v) is 7.63. The predicted molar refractivity (Wildman–Crippen MR) is 182 cm³/mol. The summed E-state index contributed by atoms with van der Waals surface area (Å²) in [5.74, 6) is 1.73. The molecule has 0 saturated carbocycles. The molecule has 2 N–H and O–H groups in total. The molecule has 0 amide bonds. The number of aromatic nitrogens is 6. The third-order valence-electron chi connectivity index (χ3n) is 9.25. The number of hydrogen-bond acceptors (Lipinski definition) is 7. The topological polar surface area (TPSA) is 119 Å². The summed E-state index contributed by atoms with van der Waals surface area (Å²) in [6, 6.07) is 13.3. The van der Waals surface area contributed by atoms with Crippen LogP contribution in [0, 0.1) is 17.2 Å². The minimum atomic E-state index is -0.815. The summed E-state index contributed by atoms with van der Waals surface area (Å²) >= 11 is 1.87. The van der Waals surface area contributed by atoms with E-state index >= 15 is 4.39 Å². The molecule has 2 aromatic carbocycles. The summed E-state index contributed by atoms with van der Waals surface area (Å²) in [5.41, 5.74) is 3.53. The number of carboxylic acids is 1. The first-order valence-electron chi connectivity index (χ1n) is 16.0. The molecule has 0 radical (unpaired) electrons. The van der Waals surface area contributed by atoms with Gasteiger partial charge in [0.05, 0.1) is 17.5 Å². The molecule has 6 rings (SSSR count). The zero-order valence-electron chi connectivity index (χ0n) is 27.5. The smallest absolute Gasteiger partial charge is 0.306 e. The van der Waals surface area contributed by atoms with Gasteiger partial charge in [-0.1, -0.05) is 51.5 Å². The average molecular weight is 657 g/mol. The molecule has 4 heterocycles. The summed E-state index contributed by atoms with van der Waals surface area (Å²) in [6.07, 6.45) is 7.12. The number of benzene rings is 2. The van der Waals surface area contributed by atoms with Crippen molar-refractivity contribution in [3.8, 4) is 23.0 Å². The molecule has 3 aromatic heterocycles. The van der Waals surface area contributed by atoms with Crippen LogP contribution in [-0.4, -0.2) is 52.5 Å². The molecule has 5 aromatic rings. The van der Waals surface area contributed by atoms with Crippen molar-refractivity contribution in [2.45, 2.75) is 65.2 Å². The number of hydrogen-bond donors (Lipinski definition) is 2. The van der Waals surface area contributed by atoms with E-state index in [0.29, 0.717) is 35.9 Å². The SMILES string of the molecule is C[C@@H](Cc1cccc([C@@]2(C)CCCC(C)(C)CSCCc3c(c(F)cc4[nH]ccc34)Oc3cnnc(c3)-c3nc2nn3C)c1)C(=O)O. The second-order valence-electron chi connectivity index (χ2n) is 13.7. The second kappa shape index (κ2) is 13.1. The Morgan fingerprint density at radius 2 is 2.02 bits per heavy atom. The average Bonchev–Trinajstić information content (AvgIpc) is 3.66. The van der Waals surface area contributed by atoms with Gasteiger partial charge in [0, 0.05) is 41.8 Å². The normalized spacial score (nSPS) is 19.3. The van der Waals surface area contributed by atoms with Gasteiger partial charge in [0.15, 0.2) is 23.2 Å². The van der Waals surface area contributed by atoms with Crippen LogP contribution in [0.25, 0.3) is 22.4 Å². The Hall–Kier alpha value is -4.25. The van der Waals surface area contributed by atoms with Gasteiger partial charge < -0.3 is 14.8 Å². The Morgan fingerprint density at radius 3 is 2.83 bits per heavy atom. The van der Waals surface area contributed by atoms with E-state index in [0.717, 1.165) is 58.4 Å². The van der Waals surface area contributed by atoms with Crippen molar-refractivity contribution in [3.63, 3.8) is 0 Å². The van der Waals surface area contributed by atoms with E-state index in [9.17, 15) is 9.90 Å². The van der Waals surface area contributed by atoms with Gasteiger partial charge in [0.1, 0.15) is 11.4 Å². The number of ether oxygens (including phenoxy) is 1. The number of H-pyrrole nitrogens is 1. The molecule has 0 aliphatic carbocycles. The van der Waals surface area contributed by atoms with Crippen molar-refractivity contribution >= 4 is 28.6 Å². The third-order valence-corrected chi connectivity index (χ3v) is 10.7. The molecule has 1 aliphatic heterocycles. The highest BCUT2D eigenvalue weighted by molar-refractivity contribution is 7.99. The zero-order chi connectivity index (χ0) is 33.3. The van der Waals surface area contributed by atoms with Gasteiger partial charge in [-0.05, 0) is 66.7 Å². The van der Waals surface area contributed by atoms with Crippen molar-refractivity contribution < 1.29 is 19.0 Å². The number of aryl methyl sites for hydroxylation is 2. The number of fused-ring (bicyclic) bond motifs is 8. The largest absolute Gasteiger partial charge is 0.481 e. The van der Waals surface area contributed by atoms with Crippen molar-refractivity contribution in [1.82, 2.24) is 29.9 Å². The van der Waals surface area contributed by atoms with E-state index in [2.05, 4.69) is 48.1 Å². The van der Waals surface area contributed by atoms with Crippen LogP contribution >= 0.6 is 11.8 Å². The van der Waals surface area contributed by atoms with E-state index in [-0.39, 0.29) is 11.2 Å². The maximum Gasteiger partial charge on any atom is 0.306 e. The standard InChI is InChI=1S/C36H41FN6O3S/c1-22(33(44)45)16-23-8-6-9-24(17-23)36(4)13-7-12-35(2,3)21-47-15-11-27-26-10-14-38-29(26)19-28(37)31(27)46-25-18-30(41-39-20-25)32-40-34(36)42-43(32)5/h6,8-10,14,17-20,22,38H,7,11-13,15-16,21H2,1-5H3,(H,44,45)/t22-,36+/m0/s1. The molecule has 0 fully saturated rings. The third kappa shape index (κ3) is 6.90. The monoisotopic (exact) mass is 656 g/mol. The molecule has 0 unspecified atom stereocenters. The summed E-state index contributed by atoms with van der Waals surface area (Å²) in [4.78, 5) is 19.8. The lowest BCUT2D eigenvalue weighted by Gasteiger charge is -2.31. The van der Waals surface area contributed by atoms with E-state index in [1.807, 2.05) is 43.2 Å². The number of nitrogens with zero attached hydrogens (tertiary/aromatic N) is 5. The van der Waals surface area contributed by atoms with Crippen LogP contribution in [0.4, 0.5) is 4.39 Å². The minimum absolute atomic E-state index is 0.0657. The molecule has 9 nitrogen and oxygen atoms in total. The molecule has 2 atom stereocenters. The van der Waals surface area contributed by atoms with Crippen LogP contribution in [0.1, 0.15) is 69.5 Å². The molecule has 47 heavy (non-hydrogen) atoms. The van der Waals surface area contributed by atoms with Crippen LogP contribution in [0.15, 0.2) is 54.9 Å². The number of carboxylic acid groups (broad SMARTS) is 1. The molecule has 246 valence electrons. The molecule has 1 aliphatic rings. The van der Waals surface area contributed by atoms with Gasteiger partial charge >= 0.3 is 5.97 Å². The summed E-state index contributed by atoms with van der Waals surface area (Å²) in [7, 11) is 1.83. The Kier molecular flexibility index (Phi) is 9.11. The Balaban J connectivity index is 1.44. The number of halogens is 1. The van der Waals surface area contributed by atoms with Crippen molar-refractivity contribution in [2.24, 2.45) is 18.4 Å². The number of nitrogens with one attached hydrogen (secondary N) is 1. The zero-order valence-corrected chi connectivity index (χ0v) is 28.3. The predicted octanol–water partition coefficient (Wildman–Crippen LogP) is 7.74.